The van der Waals surface area contributed by atoms with Crippen LogP contribution >= 0.6 is 0 Å². The first kappa shape index (κ1) is 18.6. The molecule has 28 heavy (non-hydrogen) atoms. The molecule has 1 aliphatic rings. The molecule has 1 atom stereocenters. The number of hydrogen-bond acceptors (Lipinski definition) is 5. The van der Waals surface area contributed by atoms with Crippen LogP contribution in [0, 0.1) is 6.92 Å². The van der Waals surface area contributed by atoms with Crippen molar-refractivity contribution in [3.8, 4) is 5.75 Å². The minimum atomic E-state index is -0.317. The Morgan fingerprint density at radius 3 is 2.75 bits per heavy atom. The number of piperazine rings is 1. The van der Waals surface area contributed by atoms with E-state index in [-0.39, 0.29) is 5.63 Å². The molecule has 0 unspecified atom stereocenters. The summed E-state index contributed by atoms with van der Waals surface area (Å²) in [6.07, 6.45) is 0. The summed E-state index contributed by atoms with van der Waals surface area (Å²) in [5.41, 5.74) is 3.83. The van der Waals surface area contributed by atoms with Crippen LogP contribution in [0.4, 0.5) is 5.69 Å². The fourth-order valence-corrected chi connectivity index (χ4v) is 4.08. The van der Waals surface area contributed by atoms with E-state index in [1.54, 1.807) is 19.2 Å². The van der Waals surface area contributed by atoms with Gasteiger partial charge in [0.25, 0.3) is 0 Å². The van der Waals surface area contributed by atoms with Crippen LogP contribution < -0.4 is 15.3 Å². The lowest BCUT2D eigenvalue weighted by atomic mass is 10.1. The van der Waals surface area contributed by atoms with Gasteiger partial charge in [0.15, 0.2) is 0 Å². The lowest BCUT2D eigenvalue weighted by Crippen LogP contribution is -2.51. The predicted octanol–water partition coefficient (Wildman–Crippen LogP) is 3.82. The van der Waals surface area contributed by atoms with E-state index in [0.29, 0.717) is 17.4 Å². The molecule has 3 aromatic rings. The third kappa shape index (κ3) is 3.76. The lowest BCUT2D eigenvalue weighted by molar-refractivity contribution is 0.221. The second-order valence-electron chi connectivity index (χ2n) is 7.57. The largest absolute Gasteiger partial charge is 0.497 e. The highest BCUT2D eigenvalue weighted by Gasteiger charge is 2.24. The van der Waals surface area contributed by atoms with Crippen LogP contribution in [0.2, 0.25) is 0 Å². The Labute approximate surface area is 165 Å². The summed E-state index contributed by atoms with van der Waals surface area (Å²) in [5.74, 6) is 0.688. The molecule has 5 heteroatoms. The van der Waals surface area contributed by atoms with Crippen LogP contribution in [0.5, 0.6) is 5.75 Å². The van der Waals surface area contributed by atoms with Gasteiger partial charge in [-0.1, -0.05) is 12.1 Å². The number of ether oxygens (including phenoxy) is 1. The monoisotopic (exact) mass is 378 g/mol. The van der Waals surface area contributed by atoms with Gasteiger partial charge >= 0.3 is 5.63 Å². The fourth-order valence-electron chi connectivity index (χ4n) is 4.08. The standard InChI is InChI=1S/C23H26N2O3/c1-16-5-4-6-19(11-16)25-10-9-24(14-17(25)2)15-18-12-23(26)28-22-13-20(27-3)7-8-21(18)22/h4-8,11-13,17H,9-10,14-15H2,1-3H3/t17-/m1/s1. The molecule has 4 rings (SSSR count). The quantitative estimate of drug-likeness (QED) is 0.646. The Morgan fingerprint density at radius 1 is 1.14 bits per heavy atom. The van der Waals surface area contributed by atoms with Gasteiger partial charge in [-0.3, -0.25) is 4.90 Å². The van der Waals surface area contributed by atoms with Crippen molar-refractivity contribution in [2.24, 2.45) is 0 Å². The second-order valence-corrected chi connectivity index (χ2v) is 7.57. The molecule has 5 nitrogen and oxygen atoms in total. The molecule has 0 N–H and O–H groups in total. The average molecular weight is 378 g/mol. The van der Waals surface area contributed by atoms with Crippen LogP contribution in [0.25, 0.3) is 11.0 Å². The minimum absolute atomic E-state index is 0.317. The molecule has 1 aliphatic heterocycles. The third-order valence-electron chi connectivity index (χ3n) is 5.48. The highest BCUT2D eigenvalue weighted by Crippen LogP contribution is 2.26. The maximum absolute atomic E-state index is 12.0. The summed E-state index contributed by atoms with van der Waals surface area (Å²) in [4.78, 5) is 16.9. The predicted molar refractivity (Wildman–Crippen MR) is 112 cm³/mol. The first-order chi connectivity index (χ1) is 13.5. The first-order valence-electron chi connectivity index (χ1n) is 9.70. The van der Waals surface area contributed by atoms with Crippen LogP contribution in [0.3, 0.4) is 0 Å². The smallest absolute Gasteiger partial charge is 0.336 e. The zero-order valence-electron chi connectivity index (χ0n) is 16.6. The van der Waals surface area contributed by atoms with E-state index in [1.165, 1.54) is 11.3 Å². The molecule has 2 heterocycles. The Morgan fingerprint density at radius 2 is 2.00 bits per heavy atom. The normalized spacial score (nSPS) is 17.8. The van der Waals surface area contributed by atoms with Crippen LogP contribution in [-0.4, -0.2) is 37.7 Å². The first-order valence-corrected chi connectivity index (χ1v) is 9.70. The van der Waals surface area contributed by atoms with Crippen LogP contribution in [0.15, 0.2) is 57.7 Å². The van der Waals surface area contributed by atoms with Gasteiger partial charge in [-0.05, 0) is 49.2 Å². The molecule has 1 saturated heterocycles. The SMILES string of the molecule is COc1ccc2c(CN3CCN(c4cccc(C)c4)[C@H](C)C3)cc(=O)oc2c1. The molecular weight excluding hydrogens is 352 g/mol. The number of nitrogens with zero attached hydrogens (tertiary/aromatic N) is 2. The molecule has 1 fully saturated rings. The van der Waals surface area contributed by atoms with Gasteiger partial charge < -0.3 is 14.1 Å². The Bertz CT molecular complexity index is 1040. The van der Waals surface area contributed by atoms with E-state index >= 15 is 0 Å². The van der Waals surface area contributed by atoms with E-state index in [0.717, 1.165) is 37.1 Å². The average Bonchev–Trinajstić information content (AvgIpc) is 2.67. The molecule has 1 aromatic heterocycles. The number of methoxy groups -OCH3 is 1. The number of hydrogen-bond donors (Lipinski definition) is 0. The Hall–Kier alpha value is -2.79. The lowest BCUT2D eigenvalue weighted by Gasteiger charge is -2.41. The van der Waals surface area contributed by atoms with Crippen molar-refractivity contribution < 1.29 is 9.15 Å². The summed E-state index contributed by atoms with van der Waals surface area (Å²) in [7, 11) is 1.61. The Kier molecular flexibility index (Phi) is 5.09. The van der Waals surface area contributed by atoms with E-state index in [9.17, 15) is 4.79 Å². The van der Waals surface area contributed by atoms with E-state index in [2.05, 4.69) is 47.9 Å². The molecule has 0 saturated carbocycles. The second kappa shape index (κ2) is 7.68. The van der Waals surface area contributed by atoms with Crippen molar-refractivity contribution in [1.29, 1.82) is 0 Å². The van der Waals surface area contributed by atoms with Gasteiger partial charge in [-0.25, -0.2) is 4.79 Å². The molecular formula is C23H26N2O3. The molecule has 0 aliphatic carbocycles. The van der Waals surface area contributed by atoms with Gasteiger partial charge in [-0.15, -0.1) is 0 Å². The van der Waals surface area contributed by atoms with E-state index < -0.39 is 0 Å². The maximum atomic E-state index is 12.0. The molecule has 2 aromatic carbocycles. The highest BCUT2D eigenvalue weighted by molar-refractivity contribution is 5.81. The van der Waals surface area contributed by atoms with Gasteiger partial charge in [0.1, 0.15) is 11.3 Å². The fraction of sp³-hybridized carbons (Fsp3) is 0.348. The zero-order chi connectivity index (χ0) is 19.7. The number of aryl methyl sites for hydroxylation is 1. The molecule has 0 spiro atoms. The number of fused-ring (bicyclic) bond motifs is 1. The summed E-state index contributed by atoms with van der Waals surface area (Å²) in [5, 5.41) is 0.967. The number of benzene rings is 2. The van der Waals surface area contributed by atoms with Crippen molar-refractivity contribution in [3.63, 3.8) is 0 Å². The highest BCUT2D eigenvalue weighted by atomic mass is 16.5. The topological polar surface area (TPSA) is 45.9 Å². The van der Waals surface area contributed by atoms with Gasteiger partial charge in [-0.2, -0.15) is 0 Å². The van der Waals surface area contributed by atoms with Gasteiger partial charge in [0.2, 0.25) is 0 Å². The molecule has 0 amide bonds. The maximum Gasteiger partial charge on any atom is 0.336 e. The molecule has 0 bridgehead atoms. The van der Waals surface area contributed by atoms with E-state index in [1.807, 2.05) is 12.1 Å². The van der Waals surface area contributed by atoms with Crippen LogP contribution in [0.1, 0.15) is 18.1 Å². The number of rotatable bonds is 4. The summed E-state index contributed by atoms with van der Waals surface area (Å²) in [6, 6.07) is 16.4. The summed E-state index contributed by atoms with van der Waals surface area (Å²) >= 11 is 0. The van der Waals surface area contributed by atoms with Crippen molar-refractivity contribution in [3.05, 3.63) is 70.1 Å². The van der Waals surface area contributed by atoms with Crippen molar-refractivity contribution in [1.82, 2.24) is 4.90 Å². The van der Waals surface area contributed by atoms with Gasteiger partial charge in [0, 0.05) is 55.4 Å². The van der Waals surface area contributed by atoms with Gasteiger partial charge in [0.05, 0.1) is 7.11 Å². The zero-order valence-corrected chi connectivity index (χ0v) is 16.6. The van der Waals surface area contributed by atoms with Crippen LogP contribution in [-0.2, 0) is 6.54 Å². The minimum Gasteiger partial charge on any atom is -0.497 e. The third-order valence-corrected chi connectivity index (χ3v) is 5.48. The summed E-state index contributed by atoms with van der Waals surface area (Å²) in [6.45, 7) is 8.00. The molecule has 146 valence electrons. The number of anilines is 1. The van der Waals surface area contributed by atoms with Crippen molar-refractivity contribution >= 4 is 16.7 Å². The van der Waals surface area contributed by atoms with Crippen molar-refractivity contribution in [2.45, 2.75) is 26.4 Å². The van der Waals surface area contributed by atoms with E-state index in [4.69, 9.17) is 9.15 Å². The van der Waals surface area contributed by atoms with Crippen molar-refractivity contribution in [2.75, 3.05) is 31.6 Å². The Balaban J connectivity index is 1.54. The summed E-state index contributed by atoms with van der Waals surface area (Å²) < 4.78 is 10.6. The molecule has 0 radical (unpaired) electrons.